The Balaban J connectivity index is 2.23. The summed E-state index contributed by atoms with van der Waals surface area (Å²) in [5.41, 5.74) is 6.07. The van der Waals surface area contributed by atoms with Crippen LogP contribution in [-0.2, 0) is 4.74 Å². The minimum Gasteiger partial charge on any atom is -0.380 e. The molecule has 0 radical (unpaired) electrons. The van der Waals surface area contributed by atoms with E-state index in [4.69, 9.17) is 10.5 Å². The first kappa shape index (κ1) is 13.4. The molecule has 1 aromatic rings. The van der Waals surface area contributed by atoms with Crippen LogP contribution in [-0.4, -0.2) is 37.7 Å². The molecular weight excluding hydrogens is 238 g/mol. The van der Waals surface area contributed by atoms with E-state index in [0.717, 1.165) is 25.1 Å². The van der Waals surface area contributed by atoms with Crippen molar-refractivity contribution in [2.45, 2.75) is 12.5 Å². The fraction of sp³-hybridized carbons (Fsp3) is 0.538. The molecule has 2 N–H and O–H groups in total. The van der Waals surface area contributed by atoms with Crippen molar-refractivity contribution in [1.82, 2.24) is 4.90 Å². The Morgan fingerprint density at radius 1 is 1.28 bits per heavy atom. The van der Waals surface area contributed by atoms with Gasteiger partial charge in [-0.2, -0.15) is 0 Å². The van der Waals surface area contributed by atoms with E-state index in [0.29, 0.717) is 25.3 Å². The van der Waals surface area contributed by atoms with Crippen molar-refractivity contribution < 1.29 is 13.5 Å². The molecule has 0 bridgehead atoms. The van der Waals surface area contributed by atoms with E-state index < -0.39 is 11.6 Å². The zero-order chi connectivity index (χ0) is 13.0. The monoisotopic (exact) mass is 256 g/mol. The predicted molar refractivity (Wildman–Crippen MR) is 65.2 cm³/mol. The third-order valence-corrected chi connectivity index (χ3v) is 3.24. The van der Waals surface area contributed by atoms with Crippen LogP contribution in [0.15, 0.2) is 18.2 Å². The first-order valence-electron chi connectivity index (χ1n) is 6.19. The molecule has 1 saturated heterocycles. The molecule has 0 amide bonds. The van der Waals surface area contributed by atoms with Crippen LogP contribution in [0.5, 0.6) is 0 Å². The first-order chi connectivity index (χ1) is 8.72. The number of nitrogens with two attached hydrogens (primary N) is 1. The van der Waals surface area contributed by atoms with Crippen molar-refractivity contribution in [2.75, 3.05) is 32.8 Å². The molecule has 0 aliphatic carbocycles. The summed E-state index contributed by atoms with van der Waals surface area (Å²) < 4.78 is 32.4. The summed E-state index contributed by atoms with van der Waals surface area (Å²) >= 11 is 0. The van der Waals surface area contributed by atoms with Crippen molar-refractivity contribution in [3.05, 3.63) is 35.4 Å². The molecule has 1 fully saturated rings. The lowest BCUT2D eigenvalue weighted by Gasteiger charge is -2.29. The van der Waals surface area contributed by atoms with E-state index in [9.17, 15) is 8.78 Å². The second-order valence-electron chi connectivity index (χ2n) is 4.42. The van der Waals surface area contributed by atoms with Gasteiger partial charge < -0.3 is 10.5 Å². The van der Waals surface area contributed by atoms with Crippen LogP contribution in [0.4, 0.5) is 8.78 Å². The normalized spacial score (nSPS) is 19.5. The molecule has 3 nitrogen and oxygen atoms in total. The highest BCUT2D eigenvalue weighted by Gasteiger charge is 2.23. The second-order valence-corrected chi connectivity index (χ2v) is 4.42. The van der Waals surface area contributed by atoms with Crippen molar-refractivity contribution in [3.8, 4) is 0 Å². The zero-order valence-electron chi connectivity index (χ0n) is 10.2. The topological polar surface area (TPSA) is 38.5 Å². The SMILES string of the molecule is NCC(c1cc(F)ccc1F)N1CCCOCC1. The average molecular weight is 256 g/mol. The summed E-state index contributed by atoms with van der Waals surface area (Å²) in [5.74, 6) is -0.840. The Kier molecular flexibility index (Phi) is 4.63. The highest BCUT2D eigenvalue weighted by atomic mass is 19.1. The summed E-state index contributed by atoms with van der Waals surface area (Å²) in [5, 5.41) is 0. The molecule has 18 heavy (non-hydrogen) atoms. The molecule has 0 spiro atoms. The smallest absolute Gasteiger partial charge is 0.128 e. The third-order valence-electron chi connectivity index (χ3n) is 3.24. The fourth-order valence-corrected chi connectivity index (χ4v) is 2.32. The van der Waals surface area contributed by atoms with Crippen LogP contribution in [0.1, 0.15) is 18.0 Å². The quantitative estimate of drug-likeness (QED) is 0.894. The van der Waals surface area contributed by atoms with Gasteiger partial charge in [0.15, 0.2) is 0 Å². The molecule has 1 aliphatic heterocycles. The molecule has 1 atom stereocenters. The summed E-state index contributed by atoms with van der Waals surface area (Å²) in [7, 11) is 0. The van der Waals surface area contributed by atoms with Crippen molar-refractivity contribution >= 4 is 0 Å². The van der Waals surface area contributed by atoms with E-state index >= 15 is 0 Å². The van der Waals surface area contributed by atoms with E-state index in [1.165, 1.54) is 6.07 Å². The number of nitrogens with zero attached hydrogens (tertiary/aromatic N) is 1. The Bertz CT molecular complexity index is 393. The van der Waals surface area contributed by atoms with Crippen LogP contribution < -0.4 is 5.73 Å². The van der Waals surface area contributed by atoms with Crippen LogP contribution in [0.2, 0.25) is 0 Å². The fourth-order valence-electron chi connectivity index (χ4n) is 2.32. The number of benzene rings is 1. The molecule has 2 rings (SSSR count). The Morgan fingerprint density at radius 2 is 2.11 bits per heavy atom. The first-order valence-corrected chi connectivity index (χ1v) is 6.19. The molecule has 1 unspecified atom stereocenters. The van der Waals surface area contributed by atoms with Gasteiger partial charge in [0, 0.05) is 31.8 Å². The number of rotatable bonds is 3. The van der Waals surface area contributed by atoms with E-state index in [-0.39, 0.29) is 12.6 Å². The summed E-state index contributed by atoms with van der Waals surface area (Å²) in [4.78, 5) is 2.06. The van der Waals surface area contributed by atoms with E-state index in [1.807, 2.05) is 0 Å². The number of ether oxygens (including phenoxy) is 1. The van der Waals surface area contributed by atoms with Gasteiger partial charge >= 0.3 is 0 Å². The minimum atomic E-state index is -0.434. The van der Waals surface area contributed by atoms with Crippen molar-refractivity contribution in [2.24, 2.45) is 5.73 Å². The third kappa shape index (κ3) is 3.04. The van der Waals surface area contributed by atoms with Crippen LogP contribution in [0.25, 0.3) is 0 Å². The molecule has 1 aliphatic rings. The van der Waals surface area contributed by atoms with Crippen molar-refractivity contribution in [3.63, 3.8) is 0 Å². The molecule has 5 heteroatoms. The predicted octanol–water partition coefficient (Wildman–Crippen LogP) is 1.69. The molecule has 0 aromatic heterocycles. The minimum absolute atomic E-state index is 0.264. The summed E-state index contributed by atoms with van der Waals surface area (Å²) in [6.45, 7) is 3.06. The second kappa shape index (κ2) is 6.22. The molecule has 0 saturated carbocycles. The van der Waals surface area contributed by atoms with E-state index in [2.05, 4.69) is 4.90 Å². The Hall–Kier alpha value is -1.04. The number of halogens is 2. The van der Waals surface area contributed by atoms with Crippen LogP contribution in [0, 0.1) is 11.6 Å². The van der Waals surface area contributed by atoms with Gasteiger partial charge in [0.25, 0.3) is 0 Å². The van der Waals surface area contributed by atoms with Gasteiger partial charge in [0.1, 0.15) is 11.6 Å². The maximum Gasteiger partial charge on any atom is 0.128 e. The van der Waals surface area contributed by atoms with Gasteiger partial charge in [-0.1, -0.05) is 0 Å². The molecule has 1 heterocycles. The average Bonchev–Trinajstić information content (AvgIpc) is 2.64. The Labute approximate surface area is 106 Å². The number of hydrogen-bond acceptors (Lipinski definition) is 3. The summed E-state index contributed by atoms with van der Waals surface area (Å²) in [6.07, 6.45) is 0.882. The standard InChI is InChI=1S/C13H18F2N2O/c14-10-2-3-12(15)11(8-10)13(9-16)17-4-1-6-18-7-5-17/h2-3,8,13H,1,4-7,9,16H2. The highest BCUT2D eigenvalue weighted by Crippen LogP contribution is 2.24. The lowest BCUT2D eigenvalue weighted by molar-refractivity contribution is 0.132. The van der Waals surface area contributed by atoms with Gasteiger partial charge in [-0.3, -0.25) is 4.90 Å². The van der Waals surface area contributed by atoms with Crippen LogP contribution in [0.3, 0.4) is 0 Å². The lowest BCUT2D eigenvalue weighted by Crippen LogP contribution is -2.36. The van der Waals surface area contributed by atoms with Crippen molar-refractivity contribution in [1.29, 1.82) is 0 Å². The van der Waals surface area contributed by atoms with Crippen LogP contribution >= 0.6 is 0 Å². The van der Waals surface area contributed by atoms with Gasteiger partial charge in [-0.25, -0.2) is 8.78 Å². The van der Waals surface area contributed by atoms with Gasteiger partial charge in [-0.15, -0.1) is 0 Å². The highest BCUT2D eigenvalue weighted by molar-refractivity contribution is 5.23. The van der Waals surface area contributed by atoms with Gasteiger partial charge in [0.05, 0.1) is 12.6 Å². The Morgan fingerprint density at radius 3 is 2.89 bits per heavy atom. The van der Waals surface area contributed by atoms with E-state index in [1.54, 1.807) is 0 Å². The lowest BCUT2D eigenvalue weighted by atomic mass is 10.0. The maximum atomic E-state index is 13.8. The zero-order valence-corrected chi connectivity index (χ0v) is 10.2. The number of hydrogen-bond donors (Lipinski definition) is 1. The molecule has 1 aromatic carbocycles. The van der Waals surface area contributed by atoms with Gasteiger partial charge in [-0.05, 0) is 24.6 Å². The summed E-state index contributed by atoms with van der Waals surface area (Å²) in [6, 6.07) is 3.22. The molecular formula is C13H18F2N2O. The maximum absolute atomic E-state index is 13.8. The van der Waals surface area contributed by atoms with Gasteiger partial charge in [0.2, 0.25) is 0 Å². The largest absolute Gasteiger partial charge is 0.380 e. The molecule has 100 valence electrons.